The number of aryl methyl sites for hydroxylation is 2. The minimum absolute atomic E-state index is 0.0485. The average Bonchev–Trinajstić information content (AvgIpc) is 3.09. The second-order valence-electron chi connectivity index (χ2n) is 8.29. The zero-order chi connectivity index (χ0) is 23.9. The lowest BCUT2D eigenvalue weighted by Crippen LogP contribution is -2.40. The van der Waals surface area contributed by atoms with Crippen molar-refractivity contribution in [2.75, 3.05) is 5.32 Å². The summed E-state index contributed by atoms with van der Waals surface area (Å²) in [5, 5.41) is 15.5. The summed E-state index contributed by atoms with van der Waals surface area (Å²) in [5.41, 5.74) is 0.345. The van der Waals surface area contributed by atoms with E-state index in [2.05, 4.69) is 15.6 Å². The lowest BCUT2D eigenvalue weighted by Gasteiger charge is -2.29. The van der Waals surface area contributed by atoms with Crippen LogP contribution >= 0.6 is 23.2 Å². The number of anilines is 1. The molecule has 176 valence electrons. The Morgan fingerprint density at radius 3 is 2.39 bits per heavy atom. The second kappa shape index (κ2) is 9.11. The zero-order valence-electron chi connectivity index (χ0n) is 18.1. The van der Waals surface area contributed by atoms with Gasteiger partial charge in [0, 0.05) is 26.2 Å². The fraction of sp³-hybridized carbons (Fsp3) is 0.429. The minimum atomic E-state index is -1.01. The van der Waals surface area contributed by atoms with Gasteiger partial charge < -0.3 is 20.3 Å². The highest BCUT2D eigenvalue weighted by Crippen LogP contribution is 2.24. The Labute approximate surface area is 198 Å². The van der Waals surface area contributed by atoms with E-state index in [-0.39, 0.29) is 18.6 Å². The van der Waals surface area contributed by atoms with Crippen molar-refractivity contribution in [3.63, 3.8) is 0 Å². The number of benzene rings is 1. The maximum absolute atomic E-state index is 13.3. The number of hydrogen-bond acceptors (Lipinski definition) is 5. The van der Waals surface area contributed by atoms with E-state index >= 15 is 0 Å². The number of nitrogens with one attached hydrogen (secondary N) is 2. The van der Waals surface area contributed by atoms with Gasteiger partial charge in [0.25, 0.3) is 5.56 Å². The quantitative estimate of drug-likeness (QED) is 0.500. The summed E-state index contributed by atoms with van der Waals surface area (Å²) < 4.78 is 4.16. The number of hydrogen-bond donors (Lipinski definition) is 3. The van der Waals surface area contributed by atoms with Crippen LogP contribution in [0.4, 0.5) is 10.7 Å². The number of aromatic nitrogens is 4. The van der Waals surface area contributed by atoms with Crippen molar-refractivity contribution in [2.24, 2.45) is 14.1 Å². The van der Waals surface area contributed by atoms with Crippen molar-refractivity contribution in [3.8, 4) is 0 Å². The lowest BCUT2D eigenvalue weighted by atomic mass is 9.91. The summed E-state index contributed by atoms with van der Waals surface area (Å²) >= 11 is 12.1. The predicted molar refractivity (Wildman–Crippen MR) is 127 cm³/mol. The van der Waals surface area contributed by atoms with Gasteiger partial charge in [-0.25, -0.2) is 9.59 Å². The van der Waals surface area contributed by atoms with Crippen molar-refractivity contribution in [1.82, 2.24) is 24.0 Å². The SMILES string of the molecule is Cn1c(NC2CCC(NC(=O)O)CC2)nc2c1c(=O)n(Cc1ccc(Cl)c(Cl)c1)c(=O)n2C. The van der Waals surface area contributed by atoms with Crippen LogP contribution in [0, 0.1) is 0 Å². The molecule has 2 heterocycles. The molecule has 3 N–H and O–H groups in total. The molecule has 1 aromatic carbocycles. The van der Waals surface area contributed by atoms with Gasteiger partial charge in [0.1, 0.15) is 0 Å². The Morgan fingerprint density at radius 1 is 1.09 bits per heavy atom. The molecule has 0 bridgehead atoms. The molecule has 1 fully saturated rings. The van der Waals surface area contributed by atoms with Crippen molar-refractivity contribution < 1.29 is 9.90 Å². The smallest absolute Gasteiger partial charge is 0.404 e. The van der Waals surface area contributed by atoms with E-state index in [1.165, 1.54) is 4.57 Å². The molecular weight excluding hydrogens is 471 g/mol. The van der Waals surface area contributed by atoms with E-state index in [9.17, 15) is 14.4 Å². The molecule has 0 unspecified atom stereocenters. The van der Waals surface area contributed by atoms with Crippen molar-refractivity contribution in [2.45, 2.75) is 44.3 Å². The Kier molecular flexibility index (Phi) is 6.40. The molecule has 0 atom stereocenters. The Balaban J connectivity index is 1.63. The minimum Gasteiger partial charge on any atom is -0.465 e. The molecule has 0 spiro atoms. The predicted octanol–water partition coefficient (Wildman–Crippen LogP) is 2.78. The van der Waals surface area contributed by atoms with Gasteiger partial charge >= 0.3 is 11.8 Å². The normalized spacial score (nSPS) is 18.4. The first-order valence-electron chi connectivity index (χ1n) is 10.5. The first-order valence-corrected chi connectivity index (χ1v) is 11.3. The van der Waals surface area contributed by atoms with Gasteiger partial charge in [-0.15, -0.1) is 0 Å². The maximum Gasteiger partial charge on any atom is 0.404 e. The molecule has 3 aromatic rings. The van der Waals surface area contributed by atoms with Crippen LogP contribution in [0.5, 0.6) is 0 Å². The van der Waals surface area contributed by atoms with Gasteiger partial charge in [-0.1, -0.05) is 29.3 Å². The third-order valence-corrected chi connectivity index (χ3v) is 6.81. The van der Waals surface area contributed by atoms with Crippen LogP contribution in [0.3, 0.4) is 0 Å². The monoisotopic (exact) mass is 494 g/mol. The molecule has 1 aliphatic carbocycles. The third kappa shape index (κ3) is 4.58. The van der Waals surface area contributed by atoms with Crippen molar-refractivity contribution in [1.29, 1.82) is 0 Å². The Morgan fingerprint density at radius 2 is 1.76 bits per heavy atom. The standard InChI is InChI=1S/C21H24Cl2N6O4/c1-27-16-17(26-19(27)24-12-4-6-13(7-5-12)25-20(31)32)28(2)21(33)29(18(16)30)10-11-3-8-14(22)15(23)9-11/h3,8-9,12-13,25H,4-7,10H2,1-2H3,(H,24,26)(H,31,32). The highest BCUT2D eigenvalue weighted by molar-refractivity contribution is 6.42. The molecule has 2 aromatic heterocycles. The van der Waals surface area contributed by atoms with Gasteiger partial charge in [-0.05, 0) is 43.4 Å². The number of carboxylic acid groups (broad SMARTS) is 1. The van der Waals surface area contributed by atoms with Crippen LogP contribution in [-0.4, -0.2) is 42.0 Å². The molecule has 1 aliphatic rings. The number of nitrogens with zero attached hydrogens (tertiary/aromatic N) is 4. The van der Waals surface area contributed by atoms with Gasteiger partial charge in [0.05, 0.1) is 16.6 Å². The van der Waals surface area contributed by atoms with E-state index in [0.717, 1.165) is 17.4 Å². The molecule has 10 nitrogen and oxygen atoms in total. The highest BCUT2D eigenvalue weighted by atomic mass is 35.5. The van der Waals surface area contributed by atoms with Crippen LogP contribution in [0.15, 0.2) is 27.8 Å². The van der Waals surface area contributed by atoms with E-state index in [1.807, 2.05) is 0 Å². The molecule has 1 saturated carbocycles. The molecule has 0 radical (unpaired) electrons. The average molecular weight is 495 g/mol. The first kappa shape index (κ1) is 23.2. The zero-order valence-corrected chi connectivity index (χ0v) is 19.7. The molecule has 12 heteroatoms. The summed E-state index contributed by atoms with van der Waals surface area (Å²) in [5.74, 6) is 0.485. The fourth-order valence-corrected chi connectivity index (χ4v) is 4.59. The largest absolute Gasteiger partial charge is 0.465 e. The van der Waals surface area contributed by atoms with E-state index in [0.29, 0.717) is 45.6 Å². The number of amides is 1. The summed E-state index contributed by atoms with van der Waals surface area (Å²) in [7, 11) is 3.31. The van der Waals surface area contributed by atoms with Crippen LogP contribution in [0.25, 0.3) is 11.2 Å². The molecule has 1 amide bonds. The number of imidazole rings is 1. The van der Waals surface area contributed by atoms with Crippen LogP contribution in [0.1, 0.15) is 31.2 Å². The van der Waals surface area contributed by atoms with Gasteiger partial charge in [0.2, 0.25) is 5.95 Å². The lowest BCUT2D eigenvalue weighted by molar-refractivity contribution is 0.185. The number of carbonyl (C=O) groups is 1. The topological polar surface area (TPSA) is 123 Å². The maximum atomic E-state index is 13.3. The van der Waals surface area contributed by atoms with E-state index in [4.69, 9.17) is 28.3 Å². The Hall–Kier alpha value is -2.98. The van der Waals surface area contributed by atoms with Crippen LogP contribution < -0.4 is 21.9 Å². The van der Waals surface area contributed by atoms with Crippen LogP contribution in [0.2, 0.25) is 10.0 Å². The molecular formula is C21H24Cl2N6O4. The second-order valence-corrected chi connectivity index (χ2v) is 9.10. The third-order valence-electron chi connectivity index (χ3n) is 6.07. The van der Waals surface area contributed by atoms with E-state index in [1.54, 1.807) is 36.9 Å². The summed E-state index contributed by atoms with van der Waals surface area (Å²) in [6, 6.07) is 5.00. The first-order chi connectivity index (χ1) is 15.7. The molecule has 0 saturated heterocycles. The fourth-order valence-electron chi connectivity index (χ4n) is 4.27. The van der Waals surface area contributed by atoms with Crippen molar-refractivity contribution >= 4 is 46.4 Å². The highest BCUT2D eigenvalue weighted by Gasteiger charge is 2.25. The van der Waals surface area contributed by atoms with Gasteiger partial charge in [0.15, 0.2) is 11.2 Å². The summed E-state index contributed by atoms with van der Waals surface area (Å²) in [4.78, 5) is 41.6. The molecule has 33 heavy (non-hydrogen) atoms. The van der Waals surface area contributed by atoms with Crippen LogP contribution in [-0.2, 0) is 20.6 Å². The summed E-state index contributed by atoms with van der Waals surface area (Å²) in [6.45, 7) is 0.0485. The molecule has 4 rings (SSSR count). The molecule has 0 aliphatic heterocycles. The Bertz CT molecular complexity index is 1340. The van der Waals surface area contributed by atoms with E-state index < -0.39 is 17.3 Å². The van der Waals surface area contributed by atoms with Gasteiger partial charge in [-0.2, -0.15) is 4.98 Å². The van der Waals surface area contributed by atoms with Crippen molar-refractivity contribution in [3.05, 3.63) is 54.6 Å². The number of halogens is 2. The number of fused-ring (bicyclic) bond motifs is 1. The van der Waals surface area contributed by atoms with Gasteiger partial charge in [-0.3, -0.25) is 13.9 Å². The number of rotatable bonds is 5. The summed E-state index contributed by atoms with van der Waals surface area (Å²) in [6.07, 6.45) is 1.93.